The number of carbonyl (C=O) groups is 2. The lowest BCUT2D eigenvalue weighted by molar-refractivity contribution is 0.101. The standard InChI is InChI=1S/C21H17N5O2/c1-13-11-19(20(28)25-18-6-4-3-5-16(18)12-22)26-21(23-13)24-17-9-7-15(8-10-17)14(2)27/h3-11H,1-2H3,(H,25,28)(H,23,24,26). The topological polar surface area (TPSA) is 108 Å². The van der Waals surface area contributed by atoms with E-state index < -0.39 is 5.91 Å². The van der Waals surface area contributed by atoms with E-state index in [9.17, 15) is 9.59 Å². The molecule has 0 fully saturated rings. The van der Waals surface area contributed by atoms with E-state index in [-0.39, 0.29) is 17.4 Å². The van der Waals surface area contributed by atoms with Crippen molar-refractivity contribution in [2.24, 2.45) is 0 Å². The van der Waals surface area contributed by atoms with Crippen LogP contribution in [0.2, 0.25) is 0 Å². The summed E-state index contributed by atoms with van der Waals surface area (Å²) in [5.74, 6) is -0.201. The molecule has 0 aliphatic carbocycles. The Morgan fingerprint density at radius 3 is 2.43 bits per heavy atom. The van der Waals surface area contributed by atoms with Gasteiger partial charge in [0.1, 0.15) is 11.8 Å². The Morgan fingerprint density at radius 1 is 1.04 bits per heavy atom. The zero-order valence-electron chi connectivity index (χ0n) is 15.4. The Morgan fingerprint density at radius 2 is 1.75 bits per heavy atom. The zero-order chi connectivity index (χ0) is 20.1. The van der Waals surface area contributed by atoms with E-state index in [2.05, 4.69) is 20.6 Å². The first-order valence-corrected chi connectivity index (χ1v) is 8.50. The number of aryl methyl sites for hydroxylation is 1. The fourth-order valence-corrected chi connectivity index (χ4v) is 2.53. The molecule has 7 nitrogen and oxygen atoms in total. The normalized spacial score (nSPS) is 10.0. The van der Waals surface area contributed by atoms with Crippen LogP contribution >= 0.6 is 0 Å². The van der Waals surface area contributed by atoms with Gasteiger partial charge in [0.25, 0.3) is 5.91 Å². The average Bonchev–Trinajstić information content (AvgIpc) is 2.68. The molecule has 2 N–H and O–H groups in total. The van der Waals surface area contributed by atoms with Crippen LogP contribution in [-0.4, -0.2) is 21.7 Å². The van der Waals surface area contributed by atoms with Gasteiger partial charge in [-0.3, -0.25) is 9.59 Å². The molecule has 0 saturated carbocycles. The van der Waals surface area contributed by atoms with Gasteiger partial charge in [0.05, 0.1) is 11.3 Å². The van der Waals surface area contributed by atoms with Gasteiger partial charge in [0.15, 0.2) is 5.78 Å². The summed E-state index contributed by atoms with van der Waals surface area (Å²) in [6.45, 7) is 3.26. The monoisotopic (exact) mass is 371 g/mol. The van der Waals surface area contributed by atoms with Gasteiger partial charge in [0, 0.05) is 16.9 Å². The second-order valence-electron chi connectivity index (χ2n) is 6.09. The van der Waals surface area contributed by atoms with Gasteiger partial charge in [-0.25, -0.2) is 9.97 Å². The molecule has 1 heterocycles. The fourth-order valence-electron chi connectivity index (χ4n) is 2.53. The maximum Gasteiger partial charge on any atom is 0.274 e. The Labute approximate surface area is 162 Å². The first kappa shape index (κ1) is 18.7. The maximum atomic E-state index is 12.6. The van der Waals surface area contributed by atoms with E-state index in [1.807, 2.05) is 6.07 Å². The summed E-state index contributed by atoms with van der Waals surface area (Å²) < 4.78 is 0. The number of nitrogens with one attached hydrogen (secondary N) is 2. The third kappa shape index (κ3) is 4.37. The number of nitrogens with zero attached hydrogens (tertiary/aromatic N) is 3. The van der Waals surface area contributed by atoms with Crippen molar-refractivity contribution in [3.8, 4) is 6.07 Å². The van der Waals surface area contributed by atoms with Crippen LogP contribution in [0.1, 0.15) is 39.0 Å². The Balaban J connectivity index is 1.82. The van der Waals surface area contributed by atoms with Crippen molar-refractivity contribution in [3.63, 3.8) is 0 Å². The maximum absolute atomic E-state index is 12.6. The first-order chi connectivity index (χ1) is 13.5. The van der Waals surface area contributed by atoms with Gasteiger partial charge in [-0.1, -0.05) is 12.1 Å². The van der Waals surface area contributed by atoms with Gasteiger partial charge >= 0.3 is 0 Å². The molecule has 0 radical (unpaired) electrons. The summed E-state index contributed by atoms with van der Waals surface area (Å²) >= 11 is 0. The molecular weight excluding hydrogens is 354 g/mol. The third-order valence-electron chi connectivity index (χ3n) is 3.93. The number of ketones is 1. The van der Waals surface area contributed by atoms with Crippen molar-refractivity contribution in [3.05, 3.63) is 77.1 Å². The average molecular weight is 371 g/mol. The highest BCUT2D eigenvalue weighted by Crippen LogP contribution is 2.17. The minimum atomic E-state index is -0.442. The van der Waals surface area contributed by atoms with Crippen molar-refractivity contribution in [1.82, 2.24) is 9.97 Å². The summed E-state index contributed by atoms with van der Waals surface area (Å²) in [5.41, 5.74) is 2.86. The minimum absolute atomic E-state index is 0.0186. The number of nitriles is 1. The Hall–Kier alpha value is -4.05. The predicted molar refractivity (Wildman–Crippen MR) is 106 cm³/mol. The molecule has 0 saturated heterocycles. The van der Waals surface area contributed by atoms with Crippen molar-refractivity contribution in [1.29, 1.82) is 5.26 Å². The summed E-state index contributed by atoms with van der Waals surface area (Å²) in [4.78, 5) is 32.5. The first-order valence-electron chi connectivity index (χ1n) is 8.50. The molecule has 1 amide bonds. The molecule has 0 atom stereocenters. The van der Waals surface area contributed by atoms with Gasteiger partial charge < -0.3 is 10.6 Å². The summed E-state index contributed by atoms with van der Waals surface area (Å²) in [6, 6.07) is 17.2. The van der Waals surface area contributed by atoms with Crippen molar-refractivity contribution in [2.75, 3.05) is 10.6 Å². The number of para-hydroxylation sites is 1. The van der Waals surface area contributed by atoms with E-state index in [4.69, 9.17) is 5.26 Å². The van der Waals surface area contributed by atoms with E-state index in [1.165, 1.54) is 6.92 Å². The number of carbonyl (C=O) groups excluding carboxylic acids is 2. The molecule has 3 aromatic rings. The van der Waals surface area contributed by atoms with Crippen molar-refractivity contribution < 1.29 is 9.59 Å². The highest BCUT2D eigenvalue weighted by atomic mass is 16.2. The van der Waals surface area contributed by atoms with Gasteiger partial charge in [-0.05, 0) is 56.3 Å². The zero-order valence-corrected chi connectivity index (χ0v) is 15.4. The van der Waals surface area contributed by atoms with Crippen LogP contribution in [0.25, 0.3) is 0 Å². The molecule has 28 heavy (non-hydrogen) atoms. The van der Waals surface area contributed by atoms with Crippen molar-refractivity contribution >= 4 is 29.0 Å². The van der Waals surface area contributed by atoms with E-state index in [0.717, 1.165) is 0 Å². The van der Waals surface area contributed by atoms with Gasteiger partial charge in [-0.15, -0.1) is 0 Å². The predicted octanol–water partition coefficient (Wildman–Crippen LogP) is 3.86. The number of rotatable bonds is 5. The molecule has 0 aliphatic rings. The summed E-state index contributed by atoms with van der Waals surface area (Å²) in [6.07, 6.45) is 0. The molecule has 0 unspecified atom stereocenters. The number of hydrogen-bond acceptors (Lipinski definition) is 6. The minimum Gasteiger partial charge on any atom is -0.324 e. The Bertz CT molecular complexity index is 1080. The lowest BCUT2D eigenvalue weighted by Crippen LogP contribution is -2.16. The second-order valence-corrected chi connectivity index (χ2v) is 6.09. The van der Waals surface area contributed by atoms with E-state index in [0.29, 0.717) is 28.2 Å². The van der Waals surface area contributed by atoms with E-state index >= 15 is 0 Å². The molecule has 7 heteroatoms. The number of benzene rings is 2. The fraction of sp³-hybridized carbons (Fsp3) is 0.0952. The second kappa shape index (κ2) is 8.10. The van der Waals surface area contributed by atoms with Crippen LogP contribution < -0.4 is 10.6 Å². The number of anilines is 3. The number of Topliss-reactive ketones (excluding diaryl/α,β-unsaturated/α-hetero) is 1. The summed E-state index contributed by atoms with van der Waals surface area (Å²) in [7, 11) is 0. The van der Waals surface area contributed by atoms with Crippen LogP contribution in [0.15, 0.2) is 54.6 Å². The van der Waals surface area contributed by atoms with Crippen LogP contribution in [0.4, 0.5) is 17.3 Å². The van der Waals surface area contributed by atoms with Crippen LogP contribution in [0.5, 0.6) is 0 Å². The van der Waals surface area contributed by atoms with Crippen LogP contribution in [-0.2, 0) is 0 Å². The lowest BCUT2D eigenvalue weighted by Gasteiger charge is -2.10. The molecule has 1 aromatic heterocycles. The SMILES string of the molecule is CC(=O)c1ccc(Nc2nc(C)cc(C(=O)Nc3ccccc3C#N)n2)cc1. The van der Waals surface area contributed by atoms with Crippen LogP contribution in [0, 0.1) is 18.3 Å². The molecule has 0 spiro atoms. The molecule has 138 valence electrons. The lowest BCUT2D eigenvalue weighted by atomic mass is 10.1. The molecule has 2 aromatic carbocycles. The number of hydrogen-bond donors (Lipinski definition) is 2. The van der Waals surface area contributed by atoms with Gasteiger partial charge in [0.2, 0.25) is 5.95 Å². The molecule has 3 rings (SSSR count). The largest absolute Gasteiger partial charge is 0.324 e. The smallest absolute Gasteiger partial charge is 0.274 e. The molecule has 0 aliphatic heterocycles. The highest BCUT2D eigenvalue weighted by Gasteiger charge is 2.13. The molecular formula is C21H17N5O2. The summed E-state index contributed by atoms with van der Waals surface area (Å²) in [5, 5.41) is 14.9. The number of aromatic nitrogens is 2. The third-order valence-corrected chi connectivity index (χ3v) is 3.93. The quantitative estimate of drug-likeness (QED) is 0.660. The van der Waals surface area contributed by atoms with Gasteiger partial charge in [-0.2, -0.15) is 5.26 Å². The highest BCUT2D eigenvalue weighted by molar-refractivity contribution is 6.03. The van der Waals surface area contributed by atoms with Crippen LogP contribution in [0.3, 0.4) is 0 Å². The number of amides is 1. The van der Waals surface area contributed by atoms with E-state index in [1.54, 1.807) is 61.5 Å². The van der Waals surface area contributed by atoms with Crippen molar-refractivity contribution in [2.45, 2.75) is 13.8 Å². The Kier molecular flexibility index (Phi) is 5.42. The molecule has 0 bridgehead atoms.